The molecule has 0 bridgehead atoms. The maximum Gasteiger partial charge on any atom is 0.0658 e. The predicted octanol–water partition coefficient (Wildman–Crippen LogP) is 3.34. The normalized spacial score (nSPS) is 33.0. The zero-order chi connectivity index (χ0) is 14.2. The van der Waals surface area contributed by atoms with Crippen LogP contribution in [0.15, 0.2) is 24.3 Å². The second kappa shape index (κ2) is 5.50. The van der Waals surface area contributed by atoms with Crippen molar-refractivity contribution in [1.29, 1.82) is 0 Å². The number of benzene rings is 1. The smallest absolute Gasteiger partial charge is 0.0658 e. The number of nitrogens with one attached hydrogen (secondary N) is 1. The average molecular weight is 273 g/mol. The van der Waals surface area contributed by atoms with Crippen LogP contribution in [0.4, 0.5) is 0 Å². The number of rotatable bonds is 5. The van der Waals surface area contributed by atoms with Gasteiger partial charge >= 0.3 is 0 Å². The molecule has 2 aliphatic carbocycles. The van der Waals surface area contributed by atoms with Crippen LogP contribution in [0.3, 0.4) is 0 Å². The first-order chi connectivity index (χ1) is 9.67. The van der Waals surface area contributed by atoms with E-state index in [-0.39, 0.29) is 0 Å². The van der Waals surface area contributed by atoms with Crippen molar-refractivity contribution in [1.82, 2.24) is 5.32 Å². The molecule has 0 aliphatic heterocycles. The average Bonchev–Trinajstić information content (AvgIpc) is 2.87. The van der Waals surface area contributed by atoms with Crippen molar-refractivity contribution < 1.29 is 4.74 Å². The minimum absolute atomic E-state index is 0.310. The van der Waals surface area contributed by atoms with Crippen LogP contribution in [0.1, 0.15) is 44.7 Å². The van der Waals surface area contributed by atoms with E-state index in [1.807, 2.05) is 0 Å². The molecule has 3 atom stereocenters. The van der Waals surface area contributed by atoms with E-state index in [1.54, 1.807) is 0 Å². The van der Waals surface area contributed by atoms with Gasteiger partial charge in [-0.15, -0.1) is 0 Å². The molecule has 3 unspecified atom stereocenters. The fourth-order valence-corrected chi connectivity index (χ4v) is 3.97. The molecule has 0 saturated heterocycles. The molecule has 1 aromatic rings. The topological polar surface area (TPSA) is 21.3 Å². The van der Waals surface area contributed by atoms with Crippen molar-refractivity contribution >= 4 is 0 Å². The van der Waals surface area contributed by atoms with Gasteiger partial charge < -0.3 is 10.1 Å². The fraction of sp³-hybridized carbons (Fsp3) is 0.667. The van der Waals surface area contributed by atoms with Gasteiger partial charge in [-0.05, 0) is 43.7 Å². The summed E-state index contributed by atoms with van der Waals surface area (Å²) < 4.78 is 5.90. The van der Waals surface area contributed by atoms with E-state index < -0.39 is 0 Å². The van der Waals surface area contributed by atoms with Crippen LogP contribution in [-0.4, -0.2) is 24.8 Å². The van der Waals surface area contributed by atoms with Crippen molar-refractivity contribution in [2.45, 2.75) is 64.6 Å². The minimum atomic E-state index is 0.310. The summed E-state index contributed by atoms with van der Waals surface area (Å²) in [6, 6.07) is 10.1. The van der Waals surface area contributed by atoms with Gasteiger partial charge in [-0.1, -0.05) is 38.1 Å². The first-order valence-electron chi connectivity index (χ1n) is 8.11. The van der Waals surface area contributed by atoms with Crippen molar-refractivity contribution in [2.75, 3.05) is 6.61 Å². The Morgan fingerprint density at radius 2 is 1.85 bits per heavy atom. The third kappa shape index (κ3) is 2.29. The van der Waals surface area contributed by atoms with Crippen molar-refractivity contribution in [3.63, 3.8) is 0 Å². The molecule has 2 aliphatic rings. The van der Waals surface area contributed by atoms with Gasteiger partial charge in [0.25, 0.3) is 0 Å². The Labute approximate surface area is 122 Å². The molecule has 1 N–H and O–H groups in total. The van der Waals surface area contributed by atoms with Crippen molar-refractivity contribution in [2.24, 2.45) is 5.41 Å². The van der Waals surface area contributed by atoms with E-state index >= 15 is 0 Å². The van der Waals surface area contributed by atoms with Crippen molar-refractivity contribution in [3.8, 4) is 0 Å². The molecule has 1 saturated carbocycles. The third-order valence-corrected chi connectivity index (χ3v) is 5.60. The summed E-state index contributed by atoms with van der Waals surface area (Å²) in [5, 5.41) is 3.91. The largest absolute Gasteiger partial charge is 0.378 e. The van der Waals surface area contributed by atoms with E-state index in [0.29, 0.717) is 23.6 Å². The summed E-state index contributed by atoms with van der Waals surface area (Å²) in [5.74, 6) is 0. The Kier molecular flexibility index (Phi) is 3.87. The van der Waals surface area contributed by atoms with Gasteiger partial charge in [-0.25, -0.2) is 0 Å². The minimum Gasteiger partial charge on any atom is -0.378 e. The second-order valence-electron chi connectivity index (χ2n) is 6.63. The maximum atomic E-state index is 5.90. The summed E-state index contributed by atoms with van der Waals surface area (Å²) in [7, 11) is 0. The summed E-state index contributed by atoms with van der Waals surface area (Å²) in [4.78, 5) is 0. The molecule has 2 heteroatoms. The molecular formula is C18H27NO. The van der Waals surface area contributed by atoms with Gasteiger partial charge in [0.1, 0.15) is 0 Å². The molecule has 0 aromatic heterocycles. The Morgan fingerprint density at radius 1 is 1.20 bits per heavy atom. The summed E-state index contributed by atoms with van der Waals surface area (Å²) in [6.07, 6.45) is 5.18. The standard InChI is InChI=1S/C18H27NO/c1-4-18(3)16(12-17(18)20-5-2)19-15-10-13-8-6-7-9-14(13)11-15/h6-9,15-17,19H,4-5,10-12H2,1-3H3. The van der Waals surface area contributed by atoms with E-state index in [4.69, 9.17) is 4.74 Å². The predicted molar refractivity (Wildman–Crippen MR) is 83.0 cm³/mol. The molecule has 20 heavy (non-hydrogen) atoms. The van der Waals surface area contributed by atoms with E-state index in [0.717, 1.165) is 6.61 Å². The van der Waals surface area contributed by atoms with Gasteiger partial charge in [-0.2, -0.15) is 0 Å². The van der Waals surface area contributed by atoms with Crippen LogP contribution >= 0.6 is 0 Å². The Balaban J connectivity index is 1.60. The molecule has 0 radical (unpaired) electrons. The molecular weight excluding hydrogens is 246 g/mol. The lowest BCUT2D eigenvalue weighted by Crippen LogP contribution is -2.64. The highest BCUT2D eigenvalue weighted by Crippen LogP contribution is 2.46. The molecule has 0 spiro atoms. The van der Waals surface area contributed by atoms with Gasteiger partial charge in [0.05, 0.1) is 6.10 Å². The van der Waals surface area contributed by atoms with E-state index in [2.05, 4.69) is 50.4 Å². The van der Waals surface area contributed by atoms with Crippen LogP contribution in [-0.2, 0) is 17.6 Å². The molecule has 110 valence electrons. The second-order valence-corrected chi connectivity index (χ2v) is 6.63. The van der Waals surface area contributed by atoms with Crippen LogP contribution in [0.25, 0.3) is 0 Å². The van der Waals surface area contributed by atoms with Crippen LogP contribution < -0.4 is 5.32 Å². The lowest BCUT2D eigenvalue weighted by atomic mass is 9.61. The Hall–Kier alpha value is -0.860. The third-order valence-electron chi connectivity index (χ3n) is 5.60. The number of ether oxygens (including phenoxy) is 1. The first-order valence-corrected chi connectivity index (χ1v) is 8.11. The number of hydrogen-bond donors (Lipinski definition) is 1. The van der Waals surface area contributed by atoms with Gasteiger partial charge in [0, 0.05) is 24.1 Å². The van der Waals surface area contributed by atoms with Crippen molar-refractivity contribution in [3.05, 3.63) is 35.4 Å². The fourth-order valence-electron chi connectivity index (χ4n) is 3.97. The SMILES string of the molecule is CCOC1CC(NC2Cc3ccccc3C2)C1(C)CC. The highest BCUT2D eigenvalue weighted by molar-refractivity contribution is 5.33. The zero-order valence-corrected chi connectivity index (χ0v) is 13.0. The molecule has 1 aromatic carbocycles. The molecule has 2 nitrogen and oxygen atoms in total. The highest BCUT2D eigenvalue weighted by atomic mass is 16.5. The lowest BCUT2D eigenvalue weighted by molar-refractivity contribution is -0.127. The van der Waals surface area contributed by atoms with Crippen LogP contribution in [0.2, 0.25) is 0 Å². The lowest BCUT2D eigenvalue weighted by Gasteiger charge is -2.54. The summed E-state index contributed by atoms with van der Waals surface area (Å²) in [6.45, 7) is 7.62. The Morgan fingerprint density at radius 3 is 2.40 bits per heavy atom. The maximum absolute atomic E-state index is 5.90. The number of fused-ring (bicyclic) bond motifs is 1. The zero-order valence-electron chi connectivity index (χ0n) is 13.0. The molecule has 3 rings (SSSR count). The molecule has 0 amide bonds. The quantitative estimate of drug-likeness (QED) is 0.888. The summed E-state index contributed by atoms with van der Waals surface area (Å²) in [5.41, 5.74) is 3.37. The Bertz CT molecular complexity index is 447. The van der Waals surface area contributed by atoms with E-state index in [1.165, 1.54) is 36.8 Å². The van der Waals surface area contributed by atoms with Crippen LogP contribution in [0, 0.1) is 5.41 Å². The monoisotopic (exact) mass is 273 g/mol. The highest BCUT2D eigenvalue weighted by Gasteiger charge is 2.51. The van der Waals surface area contributed by atoms with E-state index in [9.17, 15) is 0 Å². The van der Waals surface area contributed by atoms with Gasteiger partial charge in [-0.3, -0.25) is 0 Å². The molecule has 0 heterocycles. The number of hydrogen-bond acceptors (Lipinski definition) is 2. The van der Waals surface area contributed by atoms with Gasteiger partial charge in [0.15, 0.2) is 0 Å². The molecule has 1 fully saturated rings. The first kappa shape index (κ1) is 14.1. The summed E-state index contributed by atoms with van der Waals surface area (Å²) >= 11 is 0. The van der Waals surface area contributed by atoms with Gasteiger partial charge in [0.2, 0.25) is 0 Å². The van der Waals surface area contributed by atoms with Crippen LogP contribution in [0.5, 0.6) is 0 Å².